The van der Waals surface area contributed by atoms with Gasteiger partial charge in [-0.3, -0.25) is 4.79 Å². The van der Waals surface area contributed by atoms with Crippen LogP contribution in [0, 0.1) is 0 Å². The van der Waals surface area contributed by atoms with Crippen LogP contribution in [-0.4, -0.2) is 30.8 Å². The summed E-state index contributed by atoms with van der Waals surface area (Å²) in [5, 5.41) is 3.99. The molecule has 0 saturated heterocycles. The fourth-order valence-corrected chi connectivity index (χ4v) is 3.37. The third-order valence-corrected chi connectivity index (χ3v) is 4.49. The fourth-order valence-electron chi connectivity index (χ4n) is 2.40. The molecule has 6 nitrogen and oxygen atoms in total. The van der Waals surface area contributed by atoms with Crippen molar-refractivity contribution < 1.29 is 4.79 Å². The number of thioether (sulfide) groups is 1. The molecule has 0 aromatic carbocycles. The highest BCUT2D eigenvalue weighted by atomic mass is 32.2. The molecule has 1 amide bonds. The molecule has 0 atom stereocenters. The summed E-state index contributed by atoms with van der Waals surface area (Å²) in [7, 11) is 0. The molecule has 0 saturated carbocycles. The third-order valence-electron chi connectivity index (χ3n) is 3.52. The van der Waals surface area contributed by atoms with Crippen molar-refractivity contribution in [2.45, 2.75) is 44.6 Å². The molecule has 3 heterocycles. The molecule has 2 aromatic heterocycles. The van der Waals surface area contributed by atoms with Gasteiger partial charge in [0.2, 0.25) is 5.91 Å². The minimum absolute atomic E-state index is 0.0477. The predicted octanol–water partition coefficient (Wildman–Crippen LogP) is 1.45. The number of amides is 1. The minimum Gasteiger partial charge on any atom is -0.350 e. The maximum atomic E-state index is 11.9. The molecule has 0 bridgehead atoms. The van der Waals surface area contributed by atoms with Gasteiger partial charge in [-0.25, -0.2) is 9.97 Å². The van der Waals surface area contributed by atoms with E-state index in [1.807, 2.05) is 17.0 Å². The van der Waals surface area contributed by atoms with Gasteiger partial charge in [-0.2, -0.15) is 0 Å². The zero-order valence-electron chi connectivity index (χ0n) is 12.1. The van der Waals surface area contributed by atoms with Crippen LogP contribution in [0.3, 0.4) is 0 Å². The molecule has 3 rings (SSSR count). The van der Waals surface area contributed by atoms with E-state index in [4.69, 9.17) is 0 Å². The van der Waals surface area contributed by atoms with E-state index in [0.29, 0.717) is 19.5 Å². The van der Waals surface area contributed by atoms with Crippen molar-refractivity contribution >= 4 is 17.7 Å². The molecule has 0 unspecified atom stereocenters. The Labute approximate surface area is 128 Å². The zero-order valence-corrected chi connectivity index (χ0v) is 12.9. The van der Waals surface area contributed by atoms with Crippen molar-refractivity contribution in [3.8, 4) is 0 Å². The van der Waals surface area contributed by atoms with Gasteiger partial charge in [0.25, 0.3) is 0 Å². The second-order valence-electron chi connectivity index (χ2n) is 4.97. The van der Waals surface area contributed by atoms with Gasteiger partial charge in [0.1, 0.15) is 5.82 Å². The first-order valence-corrected chi connectivity index (χ1v) is 8.20. The second-order valence-corrected chi connectivity index (χ2v) is 6.04. The van der Waals surface area contributed by atoms with Gasteiger partial charge in [0.15, 0.2) is 5.16 Å². The Balaban J connectivity index is 1.46. The minimum atomic E-state index is 0.0477. The first kappa shape index (κ1) is 14.2. The van der Waals surface area contributed by atoms with Gasteiger partial charge in [0.05, 0.1) is 12.2 Å². The Morgan fingerprint density at radius 1 is 1.52 bits per heavy atom. The summed E-state index contributed by atoms with van der Waals surface area (Å²) in [6, 6.07) is 0. The number of aryl methyl sites for hydroxylation is 3. The number of hydrogen-bond acceptors (Lipinski definition) is 4. The van der Waals surface area contributed by atoms with Gasteiger partial charge >= 0.3 is 0 Å². The van der Waals surface area contributed by atoms with E-state index in [0.717, 1.165) is 35.4 Å². The number of hydrogen-bond donors (Lipinski definition) is 1. The van der Waals surface area contributed by atoms with Crippen LogP contribution in [0.5, 0.6) is 0 Å². The summed E-state index contributed by atoms with van der Waals surface area (Å²) in [4.78, 5) is 20.6. The summed E-state index contributed by atoms with van der Waals surface area (Å²) in [5.74, 6) is 2.16. The van der Waals surface area contributed by atoms with Gasteiger partial charge in [-0.15, -0.1) is 0 Å². The van der Waals surface area contributed by atoms with Crippen molar-refractivity contribution in [2.75, 3.05) is 5.75 Å². The average Bonchev–Trinajstić information content (AvgIpc) is 3.17. The Kier molecular flexibility index (Phi) is 4.28. The van der Waals surface area contributed by atoms with Crippen LogP contribution in [0.25, 0.3) is 0 Å². The van der Waals surface area contributed by atoms with Gasteiger partial charge in [0, 0.05) is 50.3 Å². The number of carbonyl (C=O) groups is 1. The average molecular weight is 305 g/mol. The van der Waals surface area contributed by atoms with E-state index < -0.39 is 0 Å². The lowest BCUT2D eigenvalue weighted by atomic mass is 10.3. The molecular weight excluding hydrogens is 286 g/mol. The van der Waals surface area contributed by atoms with Crippen LogP contribution >= 0.6 is 11.8 Å². The number of carbonyl (C=O) groups excluding carboxylic acids is 1. The Morgan fingerprint density at radius 2 is 2.43 bits per heavy atom. The smallest absolute Gasteiger partial charge is 0.222 e. The van der Waals surface area contributed by atoms with Crippen molar-refractivity contribution in [1.82, 2.24) is 24.4 Å². The highest BCUT2D eigenvalue weighted by Gasteiger charge is 2.14. The largest absolute Gasteiger partial charge is 0.350 e. The molecule has 21 heavy (non-hydrogen) atoms. The van der Waals surface area contributed by atoms with Crippen molar-refractivity contribution in [3.05, 3.63) is 30.1 Å². The van der Waals surface area contributed by atoms with E-state index in [2.05, 4.69) is 26.8 Å². The molecule has 2 aromatic rings. The highest BCUT2D eigenvalue weighted by Crippen LogP contribution is 2.24. The third kappa shape index (κ3) is 3.29. The molecule has 1 N–H and O–H groups in total. The van der Waals surface area contributed by atoms with Crippen molar-refractivity contribution in [2.24, 2.45) is 0 Å². The molecule has 0 spiro atoms. The summed E-state index contributed by atoms with van der Waals surface area (Å²) >= 11 is 1.76. The van der Waals surface area contributed by atoms with Crippen LogP contribution in [0.1, 0.15) is 24.9 Å². The molecule has 1 aliphatic rings. The lowest BCUT2D eigenvalue weighted by molar-refractivity contribution is -0.121. The first-order valence-electron chi connectivity index (χ1n) is 7.22. The van der Waals surface area contributed by atoms with E-state index in [9.17, 15) is 4.79 Å². The normalized spacial score (nSPS) is 13.4. The second kappa shape index (κ2) is 6.34. The summed E-state index contributed by atoms with van der Waals surface area (Å²) in [6.07, 6.45) is 7.07. The van der Waals surface area contributed by atoms with Crippen LogP contribution in [0.15, 0.2) is 23.7 Å². The van der Waals surface area contributed by atoms with E-state index in [-0.39, 0.29) is 5.91 Å². The molecule has 1 aliphatic heterocycles. The molecule has 7 heteroatoms. The quantitative estimate of drug-likeness (QED) is 0.877. The van der Waals surface area contributed by atoms with Gasteiger partial charge in [-0.05, 0) is 0 Å². The van der Waals surface area contributed by atoms with Crippen LogP contribution in [-0.2, 0) is 30.8 Å². The SMILES string of the molecule is CCc1nccn1CCC(=O)NCc1cn2c(n1)SCC2. The maximum Gasteiger partial charge on any atom is 0.222 e. The van der Waals surface area contributed by atoms with Gasteiger partial charge in [-0.1, -0.05) is 18.7 Å². The number of fused-ring (bicyclic) bond motifs is 1. The lowest BCUT2D eigenvalue weighted by Gasteiger charge is -2.06. The fraction of sp³-hybridized carbons (Fsp3) is 0.500. The number of imidazole rings is 2. The number of aromatic nitrogens is 4. The van der Waals surface area contributed by atoms with Crippen LogP contribution in [0.4, 0.5) is 0 Å². The lowest BCUT2D eigenvalue weighted by Crippen LogP contribution is -2.24. The summed E-state index contributed by atoms with van der Waals surface area (Å²) in [6.45, 7) is 4.25. The summed E-state index contributed by atoms with van der Waals surface area (Å²) < 4.78 is 4.17. The molecule has 112 valence electrons. The number of rotatable bonds is 6. The molecular formula is C14H19N5OS. The number of nitrogens with zero attached hydrogens (tertiary/aromatic N) is 4. The van der Waals surface area contributed by atoms with Crippen LogP contribution in [0.2, 0.25) is 0 Å². The van der Waals surface area contributed by atoms with E-state index >= 15 is 0 Å². The number of nitrogens with one attached hydrogen (secondary N) is 1. The monoisotopic (exact) mass is 305 g/mol. The predicted molar refractivity (Wildman–Crippen MR) is 81.0 cm³/mol. The first-order chi connectivity index (χ1) is 10.3. The Morgan fingerprint density at radius 3 is 3.24 bits per heavy atom. The van der Waals surface area contributed by atoms with Gasteiger partial charge < -0.3 is 14.5 Å². The van der Waals surface area contributed by atoms with Crippen molar-refractivity contribution in [3.63, 3.8) is 0 Å². The Hall–Kier alpha value is -1.76. The topological polar surface area (TPSA) is 64.7 Å². The van der Waals surface area contributed by atoms with Crippen molar-refractivity contribution in [1.29, 1.82) is 0 Å². The zero-order chi connectivity index (χ0) is 14.7. The Bertz CT molecular complexity index is 612. The maximum absolute atomic E-state index is 11.9. The molecule has 0 radical (unpaired) electrons. The highest BCUT2D eigenvalue weighted by molar-refractivity contribution is 7.99. The van der Waals surface area contributed by atoms with E-state index in [1.54, 1.807) is 18.0 Å². The molecule has 0 aliphatic carbocycles. The molecule has 0 fully saturated rings. The summed E-state index contributed by atoms with van der Waals surface area (Å²) in [5.41, 5.74) is 0.933. The van der Waals surface area contributed by atoms with Crippen LogP contribution < -0.4 is 5.32 Å². The van der Waals surface area contributed by atoms with E-state index in [1.165, 1.54) is 0 Å². The standard InChI is InChI=1S/C14H19N5OS/c1-2-12-15-4-6-18(12)5-3-13(20)16-9-11-10-19-7-8-21-14(19)17-11/h4,6,10H,2-3,5,7-9H2,1H3,(H,16,20).